The van der Waals surface area contributed by atoms with Gasteiger partial charge in [0.1, 0.15) is 16.4 Å². The van der Waals surface area contributed by atoms with Crippen molar-refractivity contribution >= 4 is 21.7 Å². The highest BCUT2D eigenvalue weighted by molar-refractivity contribution is 7.85. The third-order valence-electron chi connectivity index (χ3n) is 3.00. The summed E-state index contributed by atoms with van der Waals surface area (Å²) >= 11 is 0. The number of carbonyl (C=O) groups excluding carboxylic acids is 1. The molecule has 2 N–H and O–H groups in total. The molecule has 0 aliphatic carbocycles. The minimum absolute atomic E-state index is 0.220. The number of nitrogens with zero attached hydrogens (tertiary/aromatic N) is 1. The van der Waals surface area contributed by atoms with Crippen LogP contribution in [-0.4, -0.2) is 23.4 Å². The number of halogens is 2. The van der Waals surface area contributed by atoms with E-state index in [1.165, 1.54) is 26.1 Å². The van der Waals surface area contributed by atoms with Crippen molar-refractivity contribution in [2.24, 2.45) is 7.05 Å². The zero-order valence-electron chi connectivity index (χ0n) is 11.6. The summed E-state index contributed by atoms with van der Waals surface area (Å²) in [6.45, 7) is 1.49. The van der Waals surface area contributed by atoms with E-state index >= 15 is 0 Å². The Bertz CT molecular complexity index is 859. The molecule has 9 heteroatoms. The highest BCUT2D eigenvalue weighted by Gasteiger charge is 2.27. The molecule has 0 radical (unpaired) electrons. The van der Waals surface area contributed by atoms with Gasteiger partial charge in [0, 0.05) is 18.9 Å². The molecule has 1 heterocycles. The number of nitrogens with one attached hydrogen (secondary N) is 1. The van der Waals surface area contributed by atoms with Gasteiger partial charge in [-0.1, -0.05) is 0 Å². The lowest BCUT2D eigenvalue weighted by atomic mass is 10.2. The molecule has 0 atom stereocenters. The maximum absolute atomic E-state index is 14.0. The molecular formula is C13H12F2N2O4S. The first-order chi connectivity index (χ1) is 10.1. The van der Waals surface area contributed by atoms with Gasteiger partial charge in [0.25, 0.3) is 16.0 Å². The molecule has 1 aromatic heterocycles. The molecule has 0 spiro atoms. The topological polar surface area (TPSA) is 88.4 Å². The molecule has 0 saturated carbocycles. The van der Waals surface area contributed by atoms with Gasteiger partial charge in [-0.25, -0.2) is 8.78 Å². The van der Waals surface area contributed by atoms with Crippen LogP contribution in [0.5, 0.6) is 0 Å². The second-order valence-corrected chi connectivity index (χ2v) is 6.05. The normalized spacial score (nSPS) is 11.5. The van der Waals surface area contributed by atoms with Gasteiger partial charge in [-0.3, -0.25) is 9.35 Å². The minimum atomic E-state index is -4.78. The fourth-order valence-corrected chi connectivity index (χ4v) is 2.54. The van der Waals surface area contributed by atoms with Gasteiger partial charge in [-0.2, -0.15) is 8.42 Å². The van der Waals surface area contributed by atoms with Gasteiger partial charge < -0.3 is 9.88 Å². The van der Waals surface area contributed by atoms with E-state index in [1.54, 1.807) is 0 Å². The quantitative estimate of drug-likeness (QED) is 0.844. The summed E-state index contributed by atoms with van der Waals surface area (Å²) in [5.74, 6) is -2.75. The lowest BCUT2D eigenvalue weighted by molar-refractivity contribution is 0.101. The van der Waals surface area contributed by atoms with E-state index in [-0.39, 0.29) is 11.3 Å². The van der Waals surface area contributed by atoms with Gasteiger partial charge in [-0.15, -0.1) is 0 Å². The van der Waals surface area contributed by atoms with Gasteiger partial charge in [0.15, 0.2) is 5.82 Å². The van der Waals surface area contributed by atoms with E-state index in [0.29, 0.717) is 0 Å². The number of benzene rings is 1. The maximum Gasteiger partial charge on any atom is 0.299 e. The van der Waals surface area contributed by atoms with Gasteiger partial charge in [0.05, 0.1) is 0 Å². The van der Waals surface area contributed by atoms with Crippen molar-refractivity contribution in [3.8, 4) is 0 Å². The second kappa shape index (κ2) is 5.50. The Balaban J connectivity index is 2.38. The summed E-state index contributed by atoms with van der Waals surface area (Å²) in [5.41, 5.74) is -0.0729. The monoisotopic (exact) mass is 330 g/mol. The van der Waals surface area contributed by atoms with E-state index in [2.05, 4.69) is 5.32 Å². The first kappa shape index (κ1) is 16.1. The number of hydrogen-bond donors (Lipinski definition) is 2. The van der Waals surface area contributed by atoms with Crippen LogP contribution in [0.25, 0.3) is 0 Å². The average Bonchev–Trinajstić information content (AvgIpc) is 2.69. The largest absolute Gasteiger partial charge is 0.343 e. The van der Waals surface area contributed by atoms with E-state index in [9.17, 15) is 22.0 Å². The highest BCUT2D eigenvalue weighted by atomic mass is 32.2. The first-order valence-corrected chi connectivity index (χ1v) is 7.45. The van der Waals surface area contributed by atoms with Crippen molar-refractivity contribution in [2.75, 3.05) is 5.32 Å². The molecule has 0 aliphatic rings. The standard InChI is InChI=1S/C13H12F2N2O4S/c1-7-5-8(3-4-9(7)14)16-13(18)12-11(15)10(6-17(12)2)22(19,20)21/h3-6H,1-2H3,(H,16,18)(H,19,20,21). The predicted molar refractivity (Wildman–Crippen MR) is 74.3 cm³/mol. The summed E-state index contributed by atoms with van der Waals surface area (Å²) in [4.78, 5) is 11.1. The van der Waals surface area contributed by atoms with Crippen LogP contribution >= 0.6 is 0 Å². The molecule has 0 aliphatic heterocycles. The number of anilines is 1. The number of hydrogen-bond acceptors (Lipinski definition) is 3. The third kappa shape index (κ3) is 3.00. The predicted octanol–water partition coefficient (Wildman–Crippen LogP) is 2.11. The fraction of sp³-hybridized carbons (Fsp3) is 0.154. The fourth-order valence-electron chi connectivity index (χ4n) is 1.92. The van der Waals surface area contributed by atoms with Crippen molar-refractivity contribution in [1.29, 1.82) is 0 Å². The molecule has 0 saturated heterocycles. The smallest absolute Gasteiger partial charge is 0.299 e. The maximum atomic E-state index is 14.0. The van der Waals surface area contributed by atoms with Crippen molar-refractivity contribution < 1.29 is 26.5 Å². The van der Waals surface area contributed by atoms with Crippen molar-refractivity contribution in [2.45, 2.75) is 11.8 Å². The molecular weight excluding hydrogens is 318 g/mol. The number of rotatable bonds is 3. The van der Waals surface area contributed by atoms with Crippen LogP contribution in [0.1, 0.15) is 16.1 Å². The summed E-state index contributed by atoms with van der Waals surface area (Å²) in [6, 6.07) is 3.76. The Morgan fingerprint density at radius 2 is 1.95 bits per heavy atom. The van der Waals surface area contributed by atoms with E-state index < -0.39 is 38.2 Å². The Morgan fingerprint density at radius 3 is 2.45 bits per heavy atom. The second-order valence-electron chi connectivity index (χ2n) is 4.66. The van der Waals surface area contributed by atoms with Gasteiger partial charge in [-0.05, 0) is 30.7 Å². The highest BCUT2D eigenvalue weighted by Crippen LogP contribution is 2.21. The van der Waals surface area contributed by atoms with Crippen LogP contribution in [0.4, 0.5) is 14.5 Å². The Kier molecular flexibility index (Phi) is 4.03. The van der Waals surface area contributed by atoms with Crippen molar-refractivity contribution in [1.82, 2.24) is 4.57 Å². The first-order valence-electron chi connectivity index (χ1n) is 6.01. The van der Waals surface area contributed by atoms with Crippen LogP contribution in [0.3, 0.4) is 0 Å². The van der Waals surface area contributed by atoms with Crippen LogP contribution < -0.4 is 5.32 Å². The number of aryl methyl sites for hydroxylation is 2. The van der Waals surface area contributed by atoms with Gasteiger partial charge in [0.2, 0.25) is 0 Å². The molecule has 2 rings (SSSR count). The summed E-state index contributed by atoms with van der Waals surface area (Å²) in [7, 11) is -3.53. The molecule has 22 heavy (non-hydrogen) atoms. The van der Waals surface area contributed by atoms with E-state index in [1.807, 2.05) is 0 Å². The zero-order chi connectivity index (χ0) is 16.7. The SMILES string of the molecule is Cc1cc(NC(=O)c2c(F)c(S(=O)(=O)O)cn2C)ccc1F. The van der Waals surface area contributed by atoms with Crippen LogP contribution in [0, 0.1) is 18.6 Å². The van der Waals surface area contributed by atoms with E-state index in [4.69, 9.17) is 4.55 Å². The molecule has 0 unspecified atom stereocenters. The molecule has 6 nitrogen and oxygen atoms in total. The zero-order valence-corrected chi connectivity index (χ0v) is 12.4. The Morgan fingerprint density at radius 1 is 1.32 bits per heavy atom. The number of aromatic nitrogens is 1. The average molecular weight is 330 g/mol. The third-order valence-corrected chi connectivity index (χ3v) is 3.84. The molecule has 1 amide bonds. The number of carbonyl (C=O) groups is 1. The summed E-state index contributed by atoms with van der Waals surface area (Å²) in [6.07, 6.45) is 0.787. The summed E-state index contributed by atoms with van der Waals surface area (Å²) < 4.78 is 59.0. The van der Waals surface area contributed by atoms with Crippen molar-refractivity contribution in [3.63, 3.8) is 0 Å². The van der Waals surface area contributed by atoms with Gasteiger partial charge >= 0.3 is 0 Å². The molecule has 118 valence electrons. The molecule has 0 fully saturated rings. The molecule has 1 aromatic carbocycles. The Hall–Kier alpha value is -2.26. The molecule has 0 bridgehead atoms. The lowest BCUT2D eigenvalue weighted by Gasteiger charge is -2.07. The number of amides is 1. The summed E-state index contributed by atoms with van der Waals surface area (Å²) in [5, 5.41) is 2.33. The molecule has 2 aromatic rings. The minimum Gasteiger partial charge on any atom is -0.343 e. The van der Waals surface area contributed by atoms with Crippen LogP contribution in [0.15, 0.2) is 29.3 Å². The van der Waals surface area contributed by atoms with Crippen LogP contribution in [-0.2, 0) is 17.2 Å². The van der Waals surface area contributed by atoms with Crippen molar-refractivity contribution in [3.05, 3.63) is 47.3 Å². The Labute approximate surface area is 125 Å². The van der Waals surface area contributed by atoms with E-state index in [0.717, 1.165) is 16.8 Å². The van der Waals surface area contributed by atoms with Crippen LogP contribution in [0.2, 0.25) is 0 Å². The lowest BCUT2D eigenvalue weighted by Crippen LogP contribution is -2.17.